The molecule has 0 spiro atoms. The van der Waals surface area contributed by atoms with Gasteiger partial charge in [0.05, 0.1) is 16.8 Å². The summed E-state index contributed by atoms with van der Waals surface area (Å²) < 4.78 is 5.41. The Hall–Kier alpha value is -3.21. The molecule has 5 heteroatoms. The summed E-state index contributed by atoms with van der Waals surface area (Å²) in [5.74, 6) is -0.419. The minimum Gasteiger partial charge on any atom is -0.421 e. The molecule has 0 unspecified atom stereocenters. The molecule has 0 saturated heterocycles. The van der Waals surface area contributed by atoms with Crippen LogP contribution in [-0.4, -0.2) is 16.9 Å². The van der Waals surface area contributed by atoms with Crippen molar-refractivity contribution < 1.29 is 14.3 Å². The number of aromatic nitrogens is 1. The molecule has 3 rings (SSSR count). The number of anilines is 1. The van der Waals surface area contributed by atoms with Crippen LogP contribution >= 0.6 is 0 Å². The Bertz CT molecular complexity index is 890. The van der Waals surface area contributed by atoms with Crippen molar-refractivity contribution in [3.8, 4) is 5.75 Å². The minimum absolute atomic E-state index is 0.231. The maximum absolute atomic E-state index is 12.3. The Morgan fingerprint density at radius 1 is 1.04 bits per heavy atom. The number of hydrogen-bond acceptors (Lipinski definition) is 4. The molecule has 3 aromatic rings. The number of rotatable bonds is 3. The van der Waals surface area contributed by atoms with Gasteiger partial charge >= 0.3 is 5.97 Å². The number of carbonyl (C=O) groups is 2. The molecule has 0 fully saturated rings. The lowest BCUT2D eigenvalue weighted by Crippen LogP contribution is -2.12. The minimum atomic E-state index is -0.492. The Morgan fingerprint density at radius 3 is 2.70 bits per heavy atom. The van der Waals surface area contributed by atoms with Crippen LogP contribution in [0.15, 0.2) is 60.8 Å². The first-order valence-corrected chi connectivity index (χ1v) is 7.07. The van der Waals surface area contributed by atoms with E-state index in [1.807, 2.05) is 12.1 Å². The van der Waals surface area contributed by atoms with E-state index in [-0.39, 0.29) is 5.91 Å². The Labute approximate surface area is 132 Å². The number of carbonyl (C=O) groups excluding carboxylic acids is 2. The number of hydrogen-bond donors (Lipinski definition) is 1. The topological polar surface area (TPSA) is 68.3 Å². The number of nitrogens with zero attached hydrogens (tertiary/aromatic N) is 1. The number of nitrogens with one attached hydrogen (secondary N) is 1. The van der Waals surface area contributed by atoms with Gasteiger partial charge in [0.1, 0.15) is 0 Å². The van der Waals surface area contributed by atoms with Gasteiger partial charge in [0.15, 0.2) is 5.75 Å². The van der Waals surface area contributed by atoms with E-state index in [0.717, 1.165) is 10.9 Å². The van der Waals surface area contributed by atoms with E-state index >= 15 is 0 Å². The molecule has 114 valence electrons. The van der Waals surface area contributed by atoms with Crippen molar-refractivity contribution in [1.29, 1.82) is 0 Å². The first-order valence-electron chi connectivity index (χ1n) is 7.07. The van der Waals surface area contributed by atoms with Crippen LogP contribution in [0.3, 0.4) is 0 Å². The largest absolute Gasteiger partial charge is 0.421 e. The lowest BCUT2D eigenvalue weighted by Gasteiger charge is -2.10. The number of esters is 1. The van der Waals surface area contributed by atoms with Gasteiger partial charge < -0.3 is 10.1 Å². The van der Waals surface area contributed by atoms with Gasteiger partial charge in [-0.05, 0) is 36.4 Å². The zero-order valence-electron chi connectivity index (χ0n) is 12.4. The molecule has 0 radical (unpaired) electrons. The maximum atomic E-state index is 12.3. The van der Waals surface area contributed by atoms with Crippen molar-refractivity contribution in [3.05, 3.63) is 66.4 Å². The second kappa shape index (κ2) is 6.27. The summed E-state index contributed by atoms with van der Waals surface area (Å²) in [6.07, 6.45) is 1.70. The third-order valence-corrected chi connectivity index (χ3v) is 3.24. The molecule has 0 bridgehead atoms. The second-order valence-electron chi connectivity index (χ2n) is 4.98. The number of amides is 1. The van der Waals surface area contributed by atoms with Gasteiger partial charge in [-0.2, -0.15) is 0 Å². The predicted octanol–water partition coefficient (Wildman–Crippen LogP) is 3.41. The first kappa shape index (κ1) is 14.7. The van der Waals surface area contributed by atoms with Crippen molar-refractivity contribution in [2.24, 2.45) is 0 Å². The average Bonchev–Trinajstić information content (AvgIpc) is 2.55. The predicted molar refractivity (Wildman–Crippen MR) is 87.4 cm³/mol. The summed E-state index contributed by atoms with van der Waals surface area (Å²) in [5, 5.41) is 3.49. The van der Waals surface area contributed by atoms with Gasteiger partial charge in [0, 0.05) is 18.5 Å². The summed E-state index contributed by atoms with van der Waals surface area (Å²) in [4.78, 5) is 27.8. The summed E-state index contributed by atoms with van der Waals surface area (Å²) in [5.41, 5.74) is 1.68. The van der Waals surface area contributed by atoms with Crippen molar-refractivity contribution in [2.75, 3.05) is 5.32 Å². The van der Waals surface area contributed by atoms with E-state index in [1.54, 1.807) is 48.7 Å². The number of ether oxygens (including phenoxy) is 1. The SMILES string of the molecule is CC(=O)Nc1ccccc1OC(=O)c1ccc2ncccc2c1. The second-order valence-corrected chi connectivity index (χ2v) is 4.98. The molecule has 0 aliphatic carbocycles. The van der Waals surface area contributed by atoms with Gasteiger partial charge in [0.25, 0.3) is 0 Å². The summed E-state index contributed by atoms with van der Waals surface area (Å²) in [6, 6.07) is 15.6. The van der Waals surface area contributed by atoms with Gasteiger partial charge in [-0.1, -0.05) is 18.2 Å². The van der Waals surface area contributed by atoms with Crippen LogP contribution in [0.25, 0.3) is 10.9 Å². The average molecular weight is 306 g/mol. The van der Waals surface area contributed by atoms with Crippen LogP contribution in [0.2, 0.25) is 0 Å². The normalized spacial score (nSPS) is 10.3. The van der Waals surface area contributed by atoms with Crippen LogP contribution in [0.1, 0.15) is 17.3 Å². The molecule has 5 nitrogen and oxygen atoms in total. The molecule has 1 heterocycles. The molecule has 0 aliphatic heterocycles. The van der Waals surface area contributed by atoms with Crippen molar-refractivity contribution >= 4 is 28.5 Å². The van der Waals surface area contributed by atoms with Crippen LogP contribution in [0, 0.1) is 0 Å². The van der Waals surface area contributed by atoms with E-state index in [4.69, 9.17) is 4.74 Å². The van der Waals surface area contributed by atoms with Crippen molar-refractivity contribution in [3.63, 3.8) is 0 Å². The van der Waals surface area contributed by atoms with E-state index in [0.29, 0.717) is 17.0 Å². The zero-order valence-corrected chi connectivity index (χ0v) is 12.4. The molecular weight excluding hydrogens is 292 g/mol. The highest BCUT2D eigenvalue weighted by Crippen LogP contribution is 2.25. The lowest BCUT2D eigenvalue weighted by atomic mass is 10.1. The number of fused-ring (bicyclic) bond motifs is 1. The summed E-state index contributed by atoms with van der Waals surface area (Å²) in [7, 11) is 0. The molecule has 0 saturated carbocycles. The van der Waals surface area contributed by atoms with Crippen LogP contribution in [0.5, 0.6) is 5.75 Å². The van der Waals surface area contributed by atoms with Crippen molar-refractivity contribution in [1.82, 2.24) is 4.98 Å². The fourth-order valence-electron chi connectivity index (χ4n) is 2.21. The third kappa shape index (κ3) is 3.35. The van der Waals surface area contributed by atoms with Gasteiger partial charge in [0.2, 0.25) is 5.91 Å². The Morgan fingerprint density at radius 2 is 1.87 bits per heavy atom. The Balaban J connectivity index is 1.87. The molecule has 23 heavy (non-hydrogen) atoms. The van der Waals surface area contributed by atoms with Crippen molar-refractivity contribution in [2.45, 2.75) is 6.92 Å². The molecule has 0 atom stereocenters. The zero-order chi connectivity index (χ0) is 16.2. The summed E-state index contributed by atoms with van der Waals surface area (Å²) >= 11 is 0. The maximum Gasteiger partial charge on any atom is 0.343 e. The first-order chi connectivity index (χ1) is 11.1. The Kier molecular flexibility index (Phi) is 4.01. The summed E-state index contributed by atoms with van der Waals surface area (Å²) in [6.45, 7) is 1.40. The van der Waals surface area contributed by atoms with E-state index in [2.05, 4.69) is 10.3 Å². The van der Waals surface area contributed by atoms with E-state index in [9.17, 15) is 9.59 Å². The standard InChI is InChI=1S/C18H14N2O3/c1-12(21)20-16-6-2-3-7-17(16)23-18(22)14-8-9-15-13(11-14)5-4-10-19-15/h2-11H,1H3,(H,20,21). The third-order valence-electron chi connectivity index (χ3n) is 3.24. The quantitative estimate of drug-likeness (QED) is 0.595. The molecule has 1 aromatic heterocycles. The molecular formula is C18H14N2O3. The monoisotopic (exact) mass is 306 g/mol. The fraction of sp³-hybridized carbons (Fsp3) is 0.0556. The highest BCUT2D eigenvalue weighted by molar-refractivity contribution is 5.97. The number of benzene rings is 2. The highest BCUT2D eigenvalue weighted by Gasteiger charge is 2.12. The van der Waals surface area contributed by atoms with E-state index < -0.39 is 5.97 Å². The van der Waals surface area contributed by atoms with Gasteiger partial charge in [-0.3, -0.25) is 9.78 Å². The number of pyridine rings is 1. The molecule has 0 aliphatic rings. The van der Waals surface area contributed by atoms with Crippen LogP contribution < -0.4 is 10.1 Å². The molecule has 1 N–H and O–H groups in total. The van der Waals surface area contributed by atoms with Crippen LogP contribution in [-0.2, 0) is 4.79 Å². The van der Waals surface area contributed by atoms with Gasteiger partial charge in [-0.25, -0.2) is 4.79 Å². The molecule has 2 aromatic carbocycles. The highest BCUT2D eigenvalue weighted by atomic mass is 16.5. The fourth-order valence-corrected chi connectivity index (χ4v) is 2.21. The van der Waals surface area contributed by atoms with Gasteiger partial charge in [-0.15, -0.1) is 0 Å². The smallest absolute Gasteiger partial charge is 0.343 e. The molecule has 1 amide bonds. The van der Waals surface area contributed by atoms with Crippen LogP contribution in [0.4, 0.5) is 5.69 Å². The van der Waals surface area contributed by atoms with E-state index in [1.165, 1.54) is 6.92 Å². The lowest BCUT2D eigenvalue weighted by molar-refractivity contribution is -0.114. The number of para-hydroxylation sites is 2.